The number of carbonyl (C=O) groups excluding carboxylic acids is 1. The molecule has 1 unspecified atom stereocenters. The molecule has 0 saturated carbocycles. The lowest BCUT2D eigenvalue weighted by Crippen LogP contribution is -2.37. The van der Waals surface area contributed by atoms with Crippen molar-refractivity contribution in [1.82, 2.24) is 15.6 Å². The molecule has 4 rings (SSSR count). The van der Waals surface area contributed by atoms with E-state index in [1.165, 1.54) is 5.56 Å². The Bertz CT molecular complexity index is 1160. The Hall–Kier alpha value is -3.70. The van der Waals surface area contributed by atoms with Crippen molar-refractivity contribution in [3.05, 3.63) is 108 Å². The van der Waals surface area contributed by atoms with Gasteiger partial charge < -0.3 is 15.4 Å². The first-order valence-corrected chi connectivity index (χ1v) is 11.9. The average Bonchev–Trinajstić information content (AvgIpc) is 2.90. The van der Waals surface area contributed by atoms with E-state index in [9.17, 15) is 4.79 Å². The second kappa shape index (κ2) is 12.5. The molecule has 1 aromatic heterocycles. The van der Waals surface area contributed by atoms with Gasteiger partial charge in [0.2, 0.25) is 0 Å². The number of unbranched alkanes of at least 4 members (excludes halogenated alkanes) is 1. The van der Waals surface area contributed by atoms with Crippen LogP contribution in [0.5, 0.6) is 5.75 Å². The molecule has 0 radical (unpaired) electrons. The van der Waals surface area contributed by atoms with Crippen LogP contribution in [0.15, 0.2) is 97.2 Å². The molecule has 1 atom stereocenters. The highest BCUT2D eigenvalue weighted by atomic mass is 16.5. The molecule has 1 heterocycles. The van der Waals surface area contributed by atoms with Crippen LogP contribution in [0.25, 0.3) is 10.9 Å². The Morgan fingerprint density at radius 1 is 0.824 bits per heavy atom. The minimum Gasteiger partial charge on any atom is -0.490 e. The van der Waals surface area contributed by atoms with Crippen molar-refractivity contribution in [3.63, 3.8) is 0 Å². The molecular formula is C29H31N3O2. The lowest BCUT2D eigenvalue weighted by atomic mass is 10.1. The fraction of sp³-hybridized carbons (Fsp3) is 0.241. The van der Waals surface area contributed by atoms with Crippen molar-refractivity contribution in [2.24, 2.45) is 0 Å². The van der Waals surface area contributed by atoms with Crippen molar-refractivity contribution in [3.8, 4) is 5.75 Å². The molecule has 174 valence electrons. The number of hydrogen-bond donors (Lipinski definition) is 2. The molecular weight excluding hydrogens is 422 g/mol. The van der Waals surface area contributed by atoms with Crippen LogP contribution in [-0.4, -0.2) is 36.6 Å². The molecule has 5 nitrogen and oxygen atoms in total. The van der Waals surface area contributed by atoms with E-state index in [-0.39, 0.29) is 11.9 Å². The first kappa shape index (κ1) is 23.5. The standard InChI is InChI=1S/C29H31N3O2/c33-29(25-13-5-2-6-14-25)32-19-8-7-18-30-26(21-23-11-3-1-4-12-23)22-34-27-17-9-15-24-16-10-20-31-28(24)27/h1-6,9-17,20,26,30H,7-8,18-19,21-22H2,(H,32,33). The summed E-state index contributed by atoms with van der Waals surface area (Å²) in [5.41, 5.74) is 2.86. The number of nitrogens with one attached hydrogen (secondary N) is 2. The number of nitrogens with zero attached hydrogens (tertiary/aromatic N) is 1. The highest BCUT2D eigenvalue weighted by molar-refractivity contribution is 5.94. The van der Waals surface area contributed by atoms with E-state index < -0.39 is 0 Å². The molecule has 34 heavy (non-hydrogen) atoms. The monoisotopic (exact) mass is 453 g/mol. The van der Waals surface area contributed by atoms with Crippen molar-refractivity contribution < 1.29 is 9.53 Å². The maximum absolute atomic E-state index is 12.2. The van der Waals surface area contributed by atoms with Gasteiger partial charge >= 0.3 is 0 Å². The Morgan fingerprint density at radius 3 is 2.38 bits per heavy atom. The van der Waals surface area contributed by atoms with Crippen LogP contribution in [0.1, 0.15) is 28.8 Å². The summed E-state index contributed by atoms with van der Waals surface area (Å²) in [5.74, 6) is 0.786. The molecule has 0 fully saturated rings. The van der Waals surface area contributed by atoms with Crippen LogP contribution in [0, 0.1) is 0 Å². The van der Waals surface area contributed by atoms with E-state index in [2.05, 4.69) is 39.9 Å². The maximum atomic E-state index is 12.2. The van der Waals surface area contributed by atoms with E-state index in [0.29, 0.717) is 18.7 Å². The largest absolute Gasteiger partial charge is 0.490 e. The summed E-state index contributed by atoms with van der Waals surface area (Å²) in [7, 11) is 0. The summed E-state index contributed by atoms with van der Waals surface area (Å²) in [6, 6.07) is 30.0. The van der Waals surface area contributed by atoms with Crippen LogP contribution in [-0.2, 0) is 6.42 Å². The zero-order valence-corrected chi connectivity index (χ0v) is 19.3. The van der Waals surface area contributed by atoms with Gasteiger partial charge in [-0.1, -0.05) is 66.7 Å². The molecule has 1 amide bonds. The average molecular weight is 454 g/mol. The highest BCUT2D eigenvalue weighted by Crippen LogP contribution is 2.23. The molecule has 3 aromatic carbocycles. The van der Waals surface area contributed by atoms with E-state index >= 15 is 0 Å². The lowest BCUT2D eigenvalue weighted by Gasteiger charge is -2.20. The lowest BCUT2D eigenvalue weighted by molar-refractivity contribution is 0.0953. The quantitative estimate of drug-likeness (QED) is 0.296. The highest BCUT2D eigenvalue weighted by Gasteiger charge is 2.12. The summed E-state index contributed by atoms with van der Waals surface area (Å²) >= 11 is 0. The van der Waals surface area contributed by atoms with Crippen LogP contribution in [0.4, 0.5) is 0 Å². The normalized spacial score (nSPS) is 11.8. The van der Waals surface area contributed by atoms with E-state index in [4.69, 9.17) is 4.74 Å². The molecule has 0 saturated heterocycles. The van der Waals surface area contributed by atoms with Gasteiger partial charge in [-0.3, -0.25) is 9.78 Å². The van der Waals surface area contributed by atoms with Gasteiger partial charge in [0, 0.05) is 29.7 Å². The van der Waals surface area contributed by atoms with Gasteiger partial charge in [-0.05, 0) is 55.6 Å². The number of benzene rings is 3. The number of pyridine rings is 1. The van der Waals surface area contributed by atoms with Crippen LogP contribution in [0.3, 0.4) is 0 Å². The number of hydrogen-bond acceptors (Lipinski definition) is 4. The fourth-order valence-corrected chi connectivity index (χ4v) is 3.92. The van der Waals surface area contributed by atoms with Crippen molar-refractivity contribution in [1.29, 1.82) is 0 Å². The Labute approximate surface area is 201 Å². The first-order chi connectivity index (χ1) is 16.8. The molecule has 0 bridgehead atoms. The predicted octanol–water partition coefficient (Wildman–Crippen LogP) is 5.02. The molecule has 0 spiro atoms. The van der Waals surface area contributed by atoms with Crippen molar-refractivity contribution in [2.75, 3.05) is 19.7 Å². The third-order valence-electron chi connectivity index (χ3n) is 5.72. The van der Waals surface area contributed by atoms with Gasteiger partial charge in [0.15, 0.2) is 0 Å². The number of carbonyl (C=O) groups is 1. The number of fused-ring (bicyclic) bond motifs is 1. The molecule has 0 aliphatic rings. The summed E-state index contributed by atoms with van der Waals surface area (Å²) in [4.78, 5) is 16.6. The van der Waals surface area contributed by atoms with E-state index in [0.717, 1.165) is 42.5 Å². The van der Waals surface area contributed by atoms with Gasteiger partial charge in [-0.2, -0.15) is 0 Å². The molecule has 0 aliphatic carbocycles. The van der Waals surface area contributed by atoms with Crippen LogP contribution in [0.2, 0.25) is 0 Å². The second-order valence-corrected chi connectivity index (χ2v) is 8.31. The summed E-state index contributed by atoms with van der Waals surface area (Å²) in [6.45, 7) is 2.07. The van der Waals surface area contributed by atoms with Gasteiger partial charge in [0.1, 0.15) is 17.9 Å². The Morgan fingerprint density at radius 2 is 1.56 bits per heavy atom. The van der Waals surface area contributed by atoms with Gasteiger partial charge in [-0.25, -0.2) is 0 Å². The van der Waals surface area contributed by atoms with Gasteiger partial charge in [0.25, 0.3) is 5.91 Å². The van der Waals surface area contributed by atoms with Crippen LogP contribution < -0.4 is 15.4 Å². The SMILES string of the molecule is O=C(NCCCCNC(COc1cccc2cccnc12)Cc1ccccc1)c1ccccc1. The predicted molar refractivity (Wildman–Crippen MR) is 137 cm³/mol. The fourth-order valence-electron chi connectivity index (χ4n) is 3.92. The Kier molecular flexibility index (Phi) is 8.64. The van der Waals surface area contributed by atoms with E-state index in [1.54, 1.807) is 6.20 Å². The molecule has 4 aromatic rings. The zero-order chi connectivity index (χ0) is 23.4. The number of ether oxygens (including phenoxy) is 1. The summed E-state index contributed by atoms with van der Waals surface area (Å²) in [6.07, 6.45) is 4.56. The Balaban J connectivity index is 1.27. The zero-order valence-electron chi connectivity index (χ0n) is 19.3. The molecule has 0 aliphatic heterocycles. The number of aromatic nitrogens is 1. The molecule has 5 heteroatoms. The second-order valence-electron chi connectivity index (χ2n) is 8.31. The molecule has 2 N–H and O–H groups in total. The van der Waals surface area contributed by atoms with E-state index in [1.807, 2.05) is 66.7 Å². The number of amides is 1. The van der Waals surface area contributed by atoms with Gasteiger partial charge in [-0.15, -0.1) is 0 Å². The summed E-state index contributed by atoms with van der Waals surface area (Å²) < 4.78 is 6.23. The topological polar surface area (TPSA) is 63.2 Å². The smallest absolute Gasteiger partial charge is 0.251 e. The minimum absolute atomic E-state index is 0.0207. The van der Waals surface area contributed by atoms with Crippen LogP contribution >= 0.6 is 0 Å². The minimum atomic E-state index is -0.0207. The first-order valence-electron chi connectivity index (χ1n) is 11.9. The van der Waals surface area contributed by atoms with Crippen molar-refractivity contribution in [2.45, 2.75) is 25.3 Å². The maximum Gasteiger partial charge on any atom is 0.251 e. The van der Waals surface area contributed by atoms with Crippen molar-refractivity contribution >= 4 is 16.8 Å². The number of rotatable bonds is 12. The summed E-state index contributed by atoms with van der Waals surface area (Å²) in [5, 5.41) is 7.71. The van der Waals surface area contributed by atoms with Gasteiger partial charge in [0.05, 0.1) is 0 Å². The third-order valence-corrected chi connectivity index (χ3v) is 5.72. The number of para-hydroxylation sites is 1. The third kappa shape index (κ3) is 6.90.